The van der Waals surface area contributed by atoms with Crippen LogP contribution in [0.2, 0.25) is 10.0 Å². The monoisotopic (exact) mass is 333 g/mol. The molecular weight excluding hydrogens is 317 g/mol. The molecule has 0 bridgehead atoms. The van der Waals surface area contributed by atoms with Crippen molar-refractivity contribution in [1.29, 1.82) is 0 Å². The molecule has 2 rings (SSSR count). The molecule has 1 aromatic rings. The average molecular weight is 334 g/mol. The van der Waals surface area contributed by atoms with Crippen LogP contribution in [0.25, 0.3) is 0 Å². The number of nitro groups is 1. The molecule has 0 aromatic heterocycles. The highest BCUT2D eigenvalue weighted by Crippen LogP contribution is 2.36. The van der Waals surface area contributed by atoms with Crippen molar-refractivity contribution in [2.45, 2.75) is 38.4 Å². The number of nitrogens with zero attached hydrogens (tertiary/aromatic N) is 1. The van der Waals surface area contributed by atoms with E-state index < -0.39 is 11.2 Å². The van der Waals surface area contributed by atoms with Gasteiger partial charge in [-0.3, -0.25) is 10.1 Å². The summed E-state index contributed by atoms with van der Waals surface area (Å²) in [7, 11) is 0. The first-order chi connectivity index (χ1) is 10.1. The van der Waals surface area contributed by atoms with Crippen molar-refractivity contribution in [2.24, 2.45) is 0 Å². The van der Waals surface area contributed by atoms with E-state index >= 15 is 0 Å². The molecule has 0 spiro atoms. The number of rotatable bonds is 2. The summed E-state index contributed by atoms with van der Waals surface area (Å²) in [5, 5.41) is 11.6. The van der Waals surface area contributed by atoms with Gasteiger partial charge in [-0.2, -0.15) is 0 Å². The highest BCUT2D eigenvalue weighted by atomic mass is 35.5. The van der Waals surface area contributed by atoms with E-state index in [2.05, 4.69) is 0 Å². The van der Waals surface area contributed by atoms with Gasteiger partial charge in [0.05, 0.1) is 33.7 Å². The molecule has 1 heterocycles. The molecule has 21 heavy (non-hydrogen) atoms. The Morgan fingerprint density at radius 3 is 2.10 bits per heavy atom. The van der Waals surface area contributed by atoms with E-state index in [0.717, 1.165) is 32.1 Å². The van der Waals surface area contributed by atoms with Gasteiger partial charge in [0.25, 0.3) is 5.69 Å². The number of halogens is 2. The fourth-order valence-corrected chi connectivity index (χ4v) is 2.57. The summed E-state index contributed by atoms with van der Waals surface area (Å²) in [6.45, 7) is 1.00. The second kappa shape index (κ2) is 7.94. The van der Waals surface area contributed by atoms with Gasteiger partial charge in [0.2, 0.25) is 0 Å². The number of ether oxygens (including phenoxy) is 2. The van der Waals surface area contributed by atoms with Gasteiger partial charge in [0.15, 0.2) is 6.29 Å². The minimum absolute atomic E-state index is 0.133. The second-order valence-electron chi connectivity index (χ2n) is 4.92. The van der Waals surface area contributed by atoms with Gasteiger partial charge in [0.1, 0.15) is 0 Å². The molecule has 0 aliphatic carbocycles. The lowest BCUT2D eigenvalue weighted by Crippen LogP contribution is -2.14. The predicted octanol–water partition coefficient (Wildman–Crippen LogP) is 4.90. The van der Waals surface area contributed by atoms with Crippen LogP contribution < -0.4 is 0 Å². The minimum atomic E-state index is -0.779. The fourth-order valence-electron chi connectivity index (χ4n) is 2.24. The lowest BCUT2D eigenvalue weighted by molar-refractivity contribution is -0.387. The molecule has 0 amide bonds. The summed E-state index contributed by atoms with van der Waals surface area (Å²) >= 11 is 11.8. The van der Waals surface area contributed by atoms with Crippen LogP contribution in [0.5, 0.6) is 0 Å². The predicted molar refractivity (Wildman–Crippen MR) is 80.8 cm³/mol. The summed E-state index contributed by atoms with van der Waals surface area (Å²) in [5.74, 6) is 0. The Hall–Kier alpha value is -0.880. The molecule has 7 heteroatoms. The molecule has 5 nitrogen and oxygen atoms in total. The third-order valence-electron chi connectivity index (χ3n) is 3.35. The van der Waals surface area contributed by atoms with Gasteiger partial charge >= 0.3 is 0 Å². The third kappa shape index (κ3) is 4.54. The van der Waals surface area contributed by atoms with Gasteiger partial charge in [0, 0.05) is 6.07 Å². The number of hydrogen-bond acceptors (Lipinski definition) is 4. The van der Waals surface area contributed by atoms with Gasteiger partial charge < -0.3 is 9.47 Å². The molecule has 0 saturated carbocycles. The smallest absolute Gasteiger partial charge is 0.279 e. The molecule has 0 atom stereocenters. The minimum Gasteiger partial charge on any atom is -0.348 e. The zero-order valence-electron chi connectivity index (χ0n) is 11.5. The molecule has 1 fully saturated rings. The van der Waals surface area contributed by atoms with Crippen LogP contribution in [-0.2, 0) is 9.47 Å². The van der Waals surface area contributed by atoms with E-state index in [0.29, 0.717) is 18.8 Å². The zero-order chi connectivity index (χ0) is 15.2. The van der Waals surface area contributed by atoms with Crippen LogP contribution in [0.15, 0.2) is 12.1 Å². The topological polar surface area (TPSA) is 61.6 Å². The van der Waals surface area contributed by atoms with E-state index in [-0.39, 0.29) is 15.7 Å². The van der Waals surface area contributed by atoms with Crippen molar-refractivity contribution in [3.8, 4) is 0 Å². The SMILES string of the molecule is O=[N+]([O-])c1cc(Cl)c(Cl)cc1C1OCCCCCCCO1. The average Bonchev–Trinajstić information content (AvgIpc) is 2.47. The molecule has 1 saturated heterocycles. The second-order valence-corrected chi connectivity index (χ2v) is 5.74. The Morgan fingerprint density at radius 1 is 1.00 bits per heavy atom. The van der Waals surface area contributed by atoms with Gasteiger partial charge in [-0.05, 0) is 18.9 Å². The van der Waals surface area contributed by atoms with Crippen LogP contribution in [0, 0.1) is 10.1 Å². The number of nitro benzene ring substituents is 1. The van der Waals surface area contributed by atoms with Gasteiger partial charge in [-0.25, -0.2) is 0 Å². The lowest BCUT2D eigenvalue weighted by atomic mass is 10.1. The Bertz CT molecular complexity index is 500. The molecule has 0 radical (unpaired) electrons. The summed E-state index contributed by atoms with van der Waals surface area (Å²) in [6, 6.07) is 2.70. The first-order valence-electron chi connectivity index (χ1n) is 6.96. The summed E-state index contributed by atoms with van der Waals surface area (Å²) in [6.07, 6.45) is 4.39. The Morgan fingerprint density at radius 2 is 1.52 bits per heavy atom. The number of hydrogen-bond donors (Lipinski definition) is 0. The van der Waals surface area contributed by atoms with Crippen LogP contribution in [0.4, 0.5) is 5.69 Å². The quantitative estimate of drug-likeness (QED) is 0.570. The van der Waals surface area contributed by atoms with Crippen molar-refractivity contribution in [3.05, 3.63) is 37.9 Å². The lowest BCUT2D eigenvalue weighted by Gasteiger charge is -2.20. The van der Waals surface area contributed by atoms with E-state index in [4.69, 9.17) is 32.7 Å². The molecule has 1 aromatic carbocycles. The van der Waals surface area contributed by atoms with E-state index in [1.807, 2.05) is 0 Å². The summed E-state index contributed by atoms with van der Waals surface area (Å²) in [4.78, 5) is 10.7. The maximum atomic E-state index is 11.2. The van der Waals surface area contributed by atoms with Crippen LogP contribution in [0.3, 0.4) is 0 Å². The molecule has 116 valence electrons. The van der Waals surface area contributed by atoms with Crippen LogP contribution >= 0.6 is 23.2 Å². The van der Waals surface area contributed by atoms with Crippen LogP contribution in [-0.4, -0.2) is 18.1 Å². The van der Waals surface area contributed by atoms with E-state index in [1.54, 1.807) is 0 Å². The normalized spacial score (nSPS) is 18.4. The molecule has 1 aliphatic heterocycles. The van der Waals surface area contributed by atoms with Gasteiger partial charge in [-0.1, -0.05) is 42.5 Å². The highest BCUT2D eigenvalue weighted by molar-refractivity contribution is 6.42. The van der Waals surface area contributed by atoms with Gasteiger partial charge in [-0.15, -0.1) is 0 Å². The zero-order valence-corrected chi connectivity index (χ0v) is 13.0. The first kappa shape index (κ1) is 16.5. The van der Waals surface area contributed by atoms with Crippen molar-refractivity contribution >= 4 is 28.9 Å². The van der Waals surface area contributed by atoms with Crippen molar-refractivity contribution in [2.75, 3.05) is 13.2 Å². The molecule has 0 N–H and O–H groups in total. The van der Waals surface area contributed by atoms with E-state index in [9.17, 15) is 10.1 Å². The molecule has 0 unspecified atom stereocenters. The summed E-state index contributed by atoms with van der Waals surface area (Å²) in [5.41, 5.74) is 0.182. The highest BCUT2D eigenvalue weighted by Gasteiger charge is 2.25. The summed E-state index contributed by atoms with van der Waals surface area (Å²) < 4.78 is 11.3. The number of benzene rings is 1. The van der Waals surface area contributed by atoms with Crippen molar-refractivity contribution in [1.82, 2.24) is 0 Å². The Labute approximate surface area is 133 Å². The Balaban J connectivity index is 2.27. The molecule has 1 aliphatic rings. The van der Waals surface area contributed by atoms with Crippen molar-refractivity contribution < 1.29 is 14.4 Å². The maximum Gasteiger partial charge on any atom is 0.279 e. The van der Waals surface area contributed by atoms with E-state index in [1.165, 1.54) is 12.1 Å². The standard InChI is InChI=1S/C14H17Cl2NO4/c15-11-8-10(13(17(18)19)9-12(11)16)14-20-6-4-2-1-3-5-7-21-14/h8-9,14H,1-7H2. The first-order valence-corrected chi connectivity index (χ1v) is 7.71. The fraction of sp³-hybridized carbons (Fsp3) is 0.571. The third-order valence-corrected chi connectivity index (χ3v) is 4.07. The maximum absolute atomic E-state index is 11.2. The largest absolute Gasteiger partial charge is 0.348 e. The Kier molecular flexibility index (Phi) is 6.23. The molecular formula is C14H17Cl2NO4. The van der Waals surface area contributed by atoms with Crippen LogP contribution in [0.1, 0.15) is 44.0 Å². The van der Waals surface area contributed by atoms with Crippen molar-refractivity contribution in [3.63, 3.8) is 0 Å².